The van der Waals surface area contributed by atoms with E-state index in [1.165, 1.54) is 18.2 Å². The van der Waals surface area contributed by atoms with Crippen molar-refractivity contribution in [3.8, 4) is 23.1 Å². The third-order valence-electron chi connectivity index (χ3n) is 10.7. The fourth-order valence-electron chi connectivity index (χ4n) is 7.31. The first-order valence-corrected chi connectivity index (χ1v) is 32.6. The van der Waals surface area contributed by atoms with Gasteiger partial charge in [-0.1, -0.05) is 29.0 Å². The van der Waals surface area contributed by atoms with Crippen molar-refractivity contribution >= 4 is 166 Å². The van der Waals surface area contributed by atoms with E-state index in [4.69, 9.17) is 38.6 Å². The lowest BCUT2D eigenvalue weighted by molar-refractivity contribution is -0.191. The van der Waals surface area contributed by atoms with E-state index >= 15 is 0 Å². The first kappa shape index (κ1) is 66.0. The number of thiazole rings is 1. The summed E-state index contributed by atoms with van der Waals surface area (Å²) >= 11 is 6.91. The maximum Gasteiger partial charge on any atom is 0.425 e. The summed E-state index contributed by atoms with van der Waals surface area (Å²) in [5.74, 6) is -2.50. The van der Waals surface area contributed by atoms with Crippen molar-refractivity contribution in [2.24, 2.45) is 30.7 Å². The molecule has 0 bridgehead atoms. The minimum absolute atomic E-state index is 0.0106. The number of benzene rings is 6. The third-order valence-corrected chi connectivity index (χ3v) is 17.0. The van der Waals surface area contributed by atoms with Crippen LogP contribution < -0.4 is 4.74 Å². The molecular formula is C41H30ClN9O26S8. The Morgan fingerprint density at radius 1 is 0.612 bits per heavy atom. The number of ether oxygens (including phenoxy) is 1. The summed E-state index contributed by atoms with van der Waals surface area (Å²) < 4.78 is 237. The van der Waals surface area contributed by atoms with Crippen molar-refractivity contribution in [3.05, 3.63) is 89.6 Å². The fourth-order valence-corrected chi connectivity index (χ4v) is 12.6. The molecule has 8 N–H and O–H groups in total. The van der Waals surface area contributed by atoms with Gasteiger partial charge in [0.25, 0.3) is 60.7 Å². The summed E-state index contributed by atoms with van der Waals surface area (Å²) in [4.78, 5) is 15.2. The molecule has 0 saturated heterocycles. The van der Waals surface area contributed by atoms with E-state index in [-0.39, 0.29) is 79.2 Å². The van der Waals surface area contributed by atoms with E-state index in [9.17, 15) is 88.0 Å². The zero-order valence-corrected chi connectivity index (χ0v) is 48.5. The molecule has 8 rings (SSSR count). The number of aromatic hydroxyl groups is 2. The van der Waals surface area contributed by atoms with Gasteiger partial charge in [0.05, 0.1) is 39.5 Å². The van der Waals surface area contributed by atoms with Crippen LogP contribution in [0.5, 0.6) is 17.4 Å². The van der Waals surface area contributed by atoms with E-state index in [0.29, 0.717) is 22.4 Å². The van der Waals surface area contributed by atoms with Crippen LogP contribution in [0.2, 0.25) is 5.02 Å². The van der Waals surface area contributed by atoms with Crippen molar-refractivity contribution < 1.29 is 115 Å². The Bertz CT molecular complexity index is 5050. The van der Waals surface area contributed by atoms with Crippen LogP contribution in [0.15, 0.2) is 134 Å². The molecule has 85 heavy (non-hydrogen) atoms. The smallest absolute Gasteiger partial charge is 0.425 e. The second-order valence-corrected chi connectivity index (χ2v) is 26.6. The predicted octanol–water partition coefficient (Wildman–Crippen LogP) is 6.71. The number of phenolic OH excluding ortho intramolecular Hbond substituents is 1. The van der Waals surface area contributed by atoms with Crippen LogP contribution in [-0.2, 0) is 80.9 Å². The second-order valence-electron chi connectivity index (χ2n) is 16.3. The minimum Gasteiger partial charge on any atom is -0.505 e. The summed E-state index contributed by atoms with van der Waals surface area (Å²) in [7, 11) is -33.6. The lowest BCUT2D eigenvalue weighted by Crippen LogP contribution is -2.08. The van der Waals surface area contributed by atoms with Crippen LogP contribution in [0.3, 0.4) is 0 Å². The topological polar surface area (TPSA) is 566 Å². The molecule has 6 aromatic carbocycles. The molecule has 0 amide bonds. The van der Waals surface area contributed by atoms with Gasteiger partial charge in [0.2, 0.25) is 11.0 Å². The molecule has 450 valence electrons. The molecule has 0 aliphatic rings. The SMILES string of the molecule is Cc1cc(N=Nc2ccc3c(S(=O)(=O)O)c(N=Nc4cnn(-c5cc(S(=O)(=O)O)c6cc(S(=O)(=O)O)cc(S(=O)(=O)O)c6c5)c4O)ccc3c2O)c(OCCCS(=O)(=O)O)cc1N=Nc1nc2c(S(=O)(=O)O)cc(Cl)cc2s1.O=C=O.O=S(=O)=O. The van der Waals surface area contributed by atoms with Crippen LogP contribution in [-0.4, -0.2) is 134 Å². The highest BCUT2D eigenvalue weighted by Crippen LogP contribution is 2.45. The standard InChI is InChI=1S/C40H30ClN9O21S7.CO2.O3S/c1-18-9-29(31(71-7-2-8-73(53,54)55)16-28(18)46-49-40-43-36-32(72-40)10-19(41)11-35(36)77(65,66)67)47-44-26-5-4-23-22(37(26)51)3-6-27(38(23)78(68,69)70)45-48-30-17-42-50(39(30)52)20-12-24-25(33(13-20)75(59,60)61)14-21(74(56,57)58)15-34(24)76(62,63)64;2-1-3;1-4(2)3/h3-6,9-17,51-52H,2,7-8H2,1H3,(H,53,54,55)(H,56,57,58)(H,59,60,61)(H,62,63,64)(H,65,66,67)(H,68,69,70);;. The predicted molar refractivity (Wildman–Crippen MR) is 287 cm³/mol. The van der Waals surface area contributed by atoms with E-state index in [1.54, 1.807) is 6.92 Å². The number of aromatic nitrogens is 3. The summed E-state index contributed by atoms with van der Waals surface area (Å²) in [6.07, 6.45) is 0.820. The Balaban J connectivity index is 0.00000157. The Hall–Kier alpha value is -8.11. The highest BCUT2D eigenvalue weighted by atomic mass is 35.5. The number of nitrogens with zero attached hydrogens (tertiary/aromatic N) is 9. The number of hydrogen-bond acceptors (Lipinski definition) is 29. The number of halogens is 1. The first-order chi connectivity index (χ1) is 39.2. The van der Waals surface area contributed by atoms with Crippen molar-refractivity contribution in [3.63, 3.8) is 0 Å². The molecule has 44 heteroatoms. The molecule has 35 nitrogen and oxygen atoms in total. The zero-order valence-electron chi connectivity index (χ0n) is 41.2. The van der Waals surface area contributed by atoms with Crippen LogP contribution in [0, 0.1) is 6.92 Å². The number of rotatable bonds is 17. The van der Waals surface area contributed by atoms with E-state index < -0.39 is 141 Å². The molecule has 0 unspecified atom stereocenters. The molecule has 0 fully saturated rings. The Labute approximate surface area is 485 Å². The molecule has 0 aliphatic heterocycles. The molecule has 0 radical (unpaired) electrons. The molecule has 0 spiro atoms. The van der Waals surface area contributed by atoms with Gasteiger partial charge in [-0.15, -0.1) is 43.3 Å². The average Bonchev–Trinajstić information content (AvgIpc) is 1.96. The van der Waals surface area contributed by atoms with Crippen LogP contribution in [0.4, 0.5) is 33.6 Å². The van der Waals surface area contributed by atoms with E-state index in [1.807, 2.05) is 0 Å². The van der Waals surface area contributed by atoms with Gasteiger partial charge in [-0.3, -0.25) is 27.3 Å². The largest absolute Gasteiger partial charge is 0.505 e. The number of aryl methyl sites for hydroxylation is 1. The Morgan fingerprint density at radius 2 is 1.15 bits per heavy atom. The van der Waals surface area contributed by atoms with Crippen LogP contribution in [0.25, 0.3) is 37.4 Å². The van der Waals surface area contributed by atoms with Gasteiger partial charge in [-0.05, 0) is 79.6 Å². The summed E-state index contributed by atoms with van der Waals surface area (Å²) in [5.41, 5.74) is -1.80. The summed E-state index contributed by atoms with van der Waals surface area (Å²) in [6.45, 7) is 1.25. The number of carbonyl (C=O) groups excluding carboxylic acids is 2. The number of phenols is 1. The summed E-state index contributed by atoms with van der Waals surface area (Å²) in [5, 5.41) is 48.1. The number of fused-ring (bicyclic) bond motifs is 3. The lowest BCUT2D eigenvalue weighted by atomic mass is 10.1. The monoisotopic (exact) mass is 1350 g/mol. The van der Waals surface area contributed by atoms with E-state index in [0.717, 1.165) is 53.9 Å². The average molecular weight is 1360 g/mol. The van der Waals surface area contributed by atoms with Gasteiger partial charge in [-0.2, -0.15) is 69.9 Å². The minimum atomic E-state index is -5.42. The van der Waals surface area contributed by atoms with Gasteiger partial charge >= 0.3 is 16.8 Å². The molecular weight excluding hydrogens is 1330 g/mol. The van der Waals surface area contributed by atoms with Gasteiger partial charge in [0, 0.05) is 32.6 Å². The number of azo groups is 3. The molecule has 8 aromatic rings. The highest BCUT2D eigenvalue weighted by Gasteiger charge is 2.28. The van der Waals surface area contributed by atoms with Crippen molar-refractivity contribution in [1.82, 2.24) is 14.8 Å². The van der Waals surface area contributed by atoms with Crippen LogP contribution >= 0.6 is 22.9 Å². The highest BCUT2D eigenvalue weighted by molar-refractivity contribution is 7.87. The van der Waals surface area contributed by atoms with Gasteiger partial charge in [0.1, 0.15) is 47.9 Å². The molecule has 0 atom stereocenters. The molecule has 2 aromatic heterocycles. The second kappa shape index (κ2) is 25.2. The maximum atomic E-state index is 12.9. The number of hydrogen-bond donors (Lipinski definition) is 8. The maximum absolute atomic E-state index is 12.9. The van der Waals surface area contributed by atoms with Crippen LogP contribution in [0.1, 0.15) is 12.0 Å². The van der Waals surface area contributed by atoms with Crippen molar-refractivity contribution in [2.45, 2.75) is 37.8 Å². The zero-order chi connectivity index (χ0) is 63.5. The Morgan fingerprint density at radius 3 is 1.74 bits per heavy atom. The lowest BCUT2D eigenvalue weighted by Gasteiger charge is -2.13. The van der Waals surface area contributed by atoms with Gasteiger partial charge in [-0.25, -0.2) is 4.98 Å². The Kier molecular flexibility index (Phi) is 19.6. The third kappa shape index (κ3) is 16.2. The van der Waals surface area contributed by atoms with Crippen molar-refractivity contribution in [1.29, 1.82) is 0 Å². The fraction of sp³-hybridized carbons (Fsp3) is 0.0976. The summed E-state index contributed by atoms with van der Waals surface area (Å²) in [6, 6.07) is 11.5. The van der Waals surface area contributed by atoms with Crippen molar-refractivity contribution in [2.75, 3.05) is 12.4 Å². The van der Waals surface area contributed by atoms with Gasteiger partial charge in [0.15, 0.2) is 11.4 Å². The normalized spacial score (nSPS) is 12.6. The molecule has 2 heterocycles. The molecule has 0 saturated carbocycles. The quantitative estimate of drug-likeness (QED) is 0.0267. The van der Waals surface area contributed by atoms with Gasteiger partial charge < -0.3 is 14.9 Å². The first-order valence-electron chi connectivity index (χ1n) is 21.6. The molecule has 0 aliphatic carbocycles. The van der Waals surface area contributed by atoms with E-state index in [2.05, 4.69) is 40.8 Å².